The van der Waals surface area contributed by atoms with Crippen LogP contribution < -0.4 is 5.32 Å². The Bertz CT molecular complexity index is 847. The van der Waals surface area contributed by atoms with Crippen molar-refractivity contribution < 1.29 is 9.21 Å². The number of benzene rings is 1. The Morgan fingerprint density at radius 2 is 2.04 bits per heavy atom. The van der Waals surface area contributed by atoms with Crippen molar-refractivity contribution in [3.8, 4) is 0 Å². The molecule has 1 fully saturated rings. The summed E-state index contributed by atoms with van der Waals surface area (Å²) < 4.78 is 5.61. The van der Waals surface area contributed by atoms with Crippen molar-refractivity contribution in [3.05, 3.63) is 60.2 Å². The molecule has 0 saturated carbocycles. The van der Waals surface area contributed by atoms with Crippen molar-refractivity contribution in [3.63, 3.8) is 0 Å². The Morgan fingerprint density at radius 3 is 2.85 bits per heavy atom. The minimum atomic E-state index is 0.0889. The fraction of sp³-hybridized carbons (Fsp3) is 0.381. The number of nitrogens with one attached hydrogen (secondary N) is 2. The number of hydrogen-bond donors (Lipinski definition) is 2. The van der Waals surface area contributed by atoms with Crippen molar-refractivity contribution in [2.24, 2.45) is 0 Å². The number of amides is 1. The zero-order valence-electron chi connectivity index (χ0n) is 14.9. The SMILES string of the molecule is O=C(CCc1c[nH]c2ccccc12)NCC(c1ccco1)N1CCCC1. The second kappa shape index (κ2) is 7.79. The third-order valence-corrected chi connectivity index (χ3v) is 5.24. The van der Waals surface area contributed by atoms with Gasteiger partial charge in [-0.15, -0.1) is 0 Å². The molecule has 5 nitrogen and oxygen atoms in total. The summed E-state index contributed by atoms with van der Waals surface area (Å²) in [6.45, 7) is 2.73. The lowest BCUT2D eigenvalue weighted by Gasteiger charge is -2.26. The van der Waals surface area contributed by atoms with Crippen molar-refractivity contribution in [1.29, 1.82) is 0 Å². The molecule has 0 bridgehead atoms. The van der Waals surface area contributed by atoms with E-state index in [0.717, 1.165) is 30.8 Å². The number of aromatic amines is 1. The zero-order valence-corrected chi connectivity index (χ0v) is 14.9. The number of nitrogens with zero attached hydrogens (tertiary/aromatic N) is 1. The van der Waals surface area contributed by atoms with Gasteiger partial charge in [0.1, 0.15) is 5.76 Å². The first-order chi connectivity index (χ1) is 12.8. The lowest BCUT2D eigenvalue weighted by Crippen LogP contribution is -2.36. The van der Waals surface area contributed by atoms with Crippen LogP contribution in [-0.2, 0) is 11.2 Å². The minimum absolute atomic E-state index is 0.0889. The second-order valence-electron chi connectivity index (χ2n) is 6.94. The van der Waals surface area contributed by atoms with Crippen LogP contribution in [0.25, 0.3) is 10.9 Å². The first-order valence-corrected chi connectivity index (χ1v) is 9.40. The quantitative estimate of drug-likeness (QED) is 0.683. The molecule has 2 N–H and O–H groups in total. The number of para-hydroxylation sites is 1. The lowest BCUT2D eigenvalue weighted by molar-refractivity contribution is -0.121. The Labute approximate surface area is 153 Å². The van der Waals surface area contributed by atoms with E-state index in [9.17, 15) is 4.79 Å². The van der Waals surface area contributed by atoms with E-state index >= 15 is 0 Å². The number of rotatable bonds is 7. The molecule has 4 rings (SSSR count). The van der Waals surface area contributed by atoms with Crippen molar-refractivity contribution >= 4 is 16.8 Å². The summed E-state index contributed by atoms with van der Waals surface area (Å²) >= 11 is 0. The molecule has 5 heteroatoms. The Hall–Kier alpha value is -2.53. The molecule has 2 aromatic heterocycles. The van der Waals surface area contributed by atoms with Crippen molar-refractivity contribution in [2.45, 2.75) is 31.7 Å². The van der Waals surface area contributed by atoms with Crippen LogP contribution in [0, 0.1) is 0 Å². The normalized spacial score (nSPS) is 16.2. The minimum Gasteiger partial charge on any atom is -0.468 e. The molecule has 1 aliphatic rings. The number of H-pyrrole nitrogens is 1. The van der Waals surface area contributed by atoms with Crippen LogP contribution in [0.1, 0.15) is 36.6 Å². The smallest absolute Gasteiger partial charge is 0.220 e. The number of aryl methyl sites for hydroxylation is 1. The molecule has 26 heavy (non-hydrogen) atoms. The van der Waals surface area contributed by atoms with Gasteiger partial charge < -0.3 is 14.7 Å². The predicted molar refractivity (Wildman–Crippen MR) is 102 cm³/mol. The largest absolute Gasteiger partial charge is 0.468 e. The van der Waals surface area contributed by atoms with E-state index in [0.29, 0.717) is 13.0 Å². The summed E-state index contributed by atoms with van der Waals surface area (Å²) in [5, 5.41) is 4.31. The molecular weight excluding hydrogens is 326 g/mol. The fourth-order valence-corrected chi connectivity index (χ4v) is 3.83. The van der Waals surface area contributed by atoms with Crippen LogP contribution in [-0.4, -0.2) is 35.4 Å². The fourth-order valence-electron chi connectivity index (χ4n) is 3.83. The number of furan rings is 1. The van der Waals surface area contributed by atoms with Gasteiger partial charge in [0.25, 0.3) is 0 Å². The van der Waals surface area contributed by atoms with Crippen molar-refractivity contribution in [1.82, 2.24) is 15.2 Å². The van der Waals surface area contributed by atoms with E-state index in [-0.39, 0.29) is 11.9 Å². The molecule has 1 amide bonds. The highest BCUT2D eigenvalue weighted by molar-refractivity contribution is 5.84. The molecule has 3 aromatic rings. The number of fused-ring (bicyclic) bond motifs is 1. The van der Waals surface area contributed by atoms with Gasteiger partial charge in [-0.3, -0.25) is 9.69 Å². The second-order valence-corrected chi connectivity index (χ2v) is 6.94. The van der Waals surface area contributed by atoms with Gasteiger partial charge in [-0.2, -0.15) is 0 Å². The first-order valence-electron chi connectivity index (χ1n) is 9.40. The van der Waals surface area contributed by atoms with Gasteiger partial charge in [-0.05, 0) is 56.1 Å². The average Bonchev–Trinajstić information content (AvgIpc) is 3.42. The molecule has 1 aliphatic heterocycles. The van der Waals surface area contributed by atoms with Gasteiger partial charge in [0.05, 0.1) is 12.3 Å². The van der Waals surface area contributed by atoms with Gasteiger partial charge in [-0.1, -0.05) is 18.2 Å². The summed E-state index contributed by atoms with van der Waals surface area (Å²) in [6, 6.07) is 12.2. The highest BCUT2D eigenvalue weighted by Gasteiger charge is 2.25. The summed E-state index contributed by atoms with van der Waals surface area (Å²) in [6.07, 6.45) is 7.38. The molecule has 1 aromatic carbocycles. The van der Waals surface area contributed by atoms with Crippen LogP contribution in [0.5, 0.6) is 0 Å². The first kappa shape index (κ1) is 16.9. The van der Waals surface area contributed by atoms with Crippen LogP contribution in [0.3, 0.4) is 0 Å². The summed E-state index contributed by atoms with van der Waals surface area (Å²) in [5.74, 6) is 1.02. The lowest BCUT2D eigenvalue weighted by atomic mass is 10.1. The third-order valence-electron chi connectivity index (χ3n) is 5.24. The van der Waals surface area contributed by atoms with E-state index in [1.165, 1.54) is 23.8 Å². The maximum absolute atomic E-state index is 12.4. The number of likely N-dealkylation sites (tertiary alicyclic amines) is 1. The van der Waals surface area contributed by atoms with Crippen LogP contribution in [0.15, 0.2) is 53.3 Å². The van der Waals surface area contributed by atoms with Gasteiger partial charge in [0.2, 0.25) is 5.91 Å². The topological polar surface area (TPSA) is 61.3 Å². The molecule has 3 heterocycles. The highest BCUT2D eigenvalue weighted by atomic mass is 16.3. The Kier molecular flexibility index (Phi) is 5.07. The number of carbonyl (C=O) groups is 1. The van der Waals surface area contributed by atoms with E-state index in [4.69, 9.17) is 4.42 Å². The van der Waals surface area contributed by atoms with Crippen LogP contribution in [0.2, 0.25) is 0 Å². The summed E-state index contributed by atoms with van der Waals surface area (Å²) in [4.78, 5) is 18.1. The molecule has 0 aliphatic carbocycles. The zero-order chi connectivity index (χ0) is 17.8. The third kappa shape index (κ3) is 3.68. The van der Waals surface area contributed by atoms with Crippen LogP contribution in [0.4, 0.5) is 0 Å². The summed E-state index contributed by atoms with van der Waals surface area (Å²) in [5.41, 5.74) is 2.31. The molecule has 0 spiro atoms. The standard InChI is InChI=1S/C21H25N3O2/c25-21(10-9-16-14-22-18-7-2-1-6-17(16)18)23-15-19(20-8-5-13-26-20)24-11-3-4-12-24/h1-2,5-8,13-14,19,22H,3-4,9-12,15H2,(H,23,25). The Balaban J connectivity index is 1.33. The number of aromatic nitrogens is 1. The molecule has 0 radical (unpaired) electrons. The maximum Gasteiger partial charge on any atom is 0.220 e. The molecule has 1 saturated heterocycles. The van der Waals surface area contributed by atoms with Gasteiger partial charge in [0.15, 0.2) is 0 Å². The molecular formula is C21H25N3O2. The molecule has 136 valence electrons. The Morgan fingerprint density at radius 1 is 1.19 bits per heavy atom. The van der Waals surface area contributed by atoms with E-state index < -0.39 is 0 Å². The monoisotopic (exact) mass is 351 g/mol. The maximum atomic E-state index is 12.4. The summed E-state index contributed by atoms with van der Waals surface area (Å²) in [7, 11) is 0. The van der Waals surface area contributed by atoms with Crippen LogP contribution >= 0.6 is 0 Å². The van der Waals surface area contributed by atoms with E-state index in [1.54, 1.807) is 6.26 Å². The average molecular weight is 351 g/mol. The van der Waals surface area contributed by atoms with Crippen molar-refractivity contribution in [2.75, 3.05) is 19.6 Å². The van der Waals surface area contributed by atoms with Gasteiger partial charge >= 0.3 is 0 Å². The van der Waals surface area contributed by atoms with Gasteiger partial charge in [-0.25, -0.2) is 0 Å². The molecule has 1 atom stereocenters. The highest BCUT2D eigenvalue weighted by Crippen LogP contribution is 2.25. The van der Waals surface area contributed by atoms with E-state index in [1.807, 2.05) is 30.5 Å². The number of carbonyl (C=O) groups excluding carboxylic acids is 1. The predicted octanol–water partition coefficient (Wildman–Crippen LogP) is 3.65. The molecule has 1 unspecified atom stereocenters. The number of hydrogen-bond acceptors (Lipinski definition) is 3. The van der Waals surface area contributed by atoms with E-state index in [2.05, 4.69) is 27.3 Å². The van der Waals surface area contributed by atoms with Gasteiger partial charge in [0, 0.05) is 30.1 Å².